The molecule has 6 nitrogen and oxygen atoms in total. The molecule has 0 aliphatic rings. The molecule has 138 valence electrons. The SMILES string of the molecule is CCc1noc(CC)c1CNC(=NC)NCc1ccccc1OC.I. The summed E-state index contributed by atoms with van der Waals surface area (Å²) in [6.07, 6.45) is 1.69. The Morgan fingerprint density at radius 3 is 2.52 bits per heavy atom. The van der Waals surface area contributed by atoms with E-state index in [-0.39, 0.29) is 24.0 Å². The van der Waals surface area contributed by atoms with Crippen LogP contribution in [0.1, 0.15) is 36.4 Å². The Bertz CT molecular complexity index is 664. The van der Waals surface area contributed by atoms with E-state index in [1.807, 2.05) is 24.3 Å². The van der Waals surface area contributed by atoms with Crippen molar-refractivity contribution in [3.8, 4) is 5.75 Å². The number of methoxy groups -OCH3 is 1. The fraction of sp³-hybridized carbons (Fsp3) is 0.444. The number of guanidine groups is 1. The van der Waals surface area contributed by atoms with Crippen molar-refractivity contribution in [2.75, 3.05) is 14.2 Å². The van der Waals surface area contributed by atoms with Gasteiger partial charge in [-0.25, -0.2) is 0 Å². The largest absolute Gasteiger partial charge is 0.496 e. The van der Waals surface area contributed by atoms with E-state index in [0.717, 1.165) is 47.1 Å². The van der Waals surface area contributed by atoms with Crippen molar-refractivity contribution in [3.05, 3.63) is 46.8 Å². The van der Waals surface area contributed by atoms with Crippen LogP contribution in [0.25, 0.3) is 0 Å². The molecule has 1 aromatic carbocycles. The van der Waals surface area contributed by atoms with Crippen LogP contribution in [0.4, 0.5) is 0 Å². The lowest BCUT2D eigenvalue weighted by Crippen LogP contribution is -2.36. The molecule has 25 heavy (non-hydrogen) atoms. The van der Waals surface area contributed by atoms with E-state index in [9.17, 15) is 0 Å². The standard InChI is InChI=1S/C18H26N4O2.HI/c1-5-15-14(16(6-2)24-22-15)12-21-18(19-3)20-11-13-9-7-8-10-17(13)23-4;/h7-10H,5-6,11-12H2,1-4H3,(H2,19,20,21);1H. The Labute approximate surface area is 166 Å². The van der Waals surface area contributed by atoms with Gasteiger partial charge in [-0.15, -0.1) is 24.0 Å². The van der Waals surface area contributed by atoms with E-state index < -0.39 is 0 Å². The third-order valence-corrected chi connectivity index (χ3v) is 3.90. The summed E-state index contributed by atoms with van der Waals surface area (Å²) in [5, 5.41) is 10.8. The van der Waals surface area contributed by atoms with Crippen LogP contribution in [0, 0.1) is 0 Å². The molecule has 2 N–H and O–H groups in total. The van der Waals surface area contributed by atoms with Gasteiger partial charge in [0.2, 0.25) is 0 Å². The first kappa shape index (κ1) is 21.3. The highest BCUT2D eigenvalue weighted by Gasteiger charge is 2.13. The number of halogens is 1. The van der Waals surface area contributed by atoms with E-state index >= 15 is 0 Å². The molecule has 0 saturated heterocycles. The second-order valence-corrected chi connectivity index (χ2v) is 5.33. The van der Waals surface area contributed by atoms with E-state index in [1.165, 1.54) is 0 Å². The molecular formula is C18H27IN4O2. The van der Waals surface area contributed by atoms with Crippen molar-refractivity contribution in [1.29, 1.82) is 0 Å². The van der Waals surface area contributed by atoms with Gasteiger partial charge in [-0.2, -0.15) is 0 Å². The molecule has 0 atom stereocenters. The normalized spacial score (nSPS) is 11.0. The molecule has 0 fully saturated rings. The van der Waals surface area contributed by atoms with E-state index in [1.54, 1.807) is 14.2 Å². The third-order valence-electron chi connectivity index (χ3n) is 3.90. The van der Waals surface area contributed by atoms with Crippen molar-refractivity contribution in [3.63, 3.8) is 0 Å². The van der Waals surface area contributed by atoms with Gasteiger partial charge in [0.15, 0.2) is 5.96 Å². The first-order valence-corrected chi connectivity index (χ1v) is 8.26. The molecule has 0 unspecified atom stereocenters. The molecule has 2 aromatic rings. The summed E-state index contributed by atoms with van der Waals surface area (Å²) in [6, 6.07) is 7.93. The highest BCUT2D eigenvalue weighted by atomic mass is 127. The zero-order valence-corrected chi connectivity index (χ0v) is 17.6. The van der Waals surface area contributed by atoms with Gasteiger partial charge in [-0.3, -0.25) is 4.99 Å². The molecule has 0 aliphatic carbocycles. The summed E-state index contributed by atoms with van der Waals surface area (Å²) in [5.41, 5.74) is 3.20. The summed E-state index contributed by atoms with van der Waals surface area (Å²) in [4.78, 5) is 4.27. The van der Waals surface area contributed by atoms with Crippen LogP contribution >= 0.6 is 24.0 Å². The summed E-state index contributed by atoms with van der Waals surface area (Å²) in [6.45, 7) is 5.42. The van der Waals surface area contributed by atoms with Crippen LogP contribution in [0.3, 0.4) is 0 Å². The van der Waals surface area contributed by atoms with Crippen LogP contribution in [-0.2, 0) is 25.9 Å². The Morgan fingerprint density at radius 2 is 1.88 bits per heavy atom. The number of aryl methyl sites for hydroxylation is 2. The summed E-state index contributed by atoms with van der Waals surface area (Å²) in [7, 11) is 3.43. The number of hydrogen-bond donors (Lipinski definition) is 2. The Morgan fingerprint density at radius 1 is 1.16 bits per heavy atom. The van der Waals surface area contributed by atoms with Crippen LogP contribution in [0.5, 0.6) is 5.75 Å². The molecule has 0 bridgehead atoms. The number of nitrogens with one attached hydrogen (secondary N) is 2. The molecule has 2 rings (SSSR count). The molecule has 0 aliphatic heterocycles. The number of aromatic nitrogens is 1. The lowest BCUT2D eigenvalue weighted by Gasteiger charge is -2.14. The van der Waals surface area contributed by atoms with Gasteiger partial charge in [0.05, 0.1) is 12.8 Å². The number of aliphatic imine (C=N–C) groups is 1. The summed E-state index contributed by atoms with van der Waals surface area (Å²) in [5.74, 6) is 2.52. The number of hydrogen-bond acceptors (Lipinski definition) is 4. The average Bonchev–Trinajstić information content (AvgIpc) is 3.04. The minimum absolute atomic E-state index is 0. The topological polar surface area (TPSA) is 71.7 Å². The van der Waals surface area contributed by atoms with Gasteiger partial charge in [0.1, 0.15) is 11.5 Å². The van der Waals surface area contributed by atoms with Gasteiger partial charge in [-0.05, 0) is 12.5 Å². The van der Waals surface area contributed by atoms with Gasteiger partial charge in [0, 0.05) is 37.7 Å². The number of rotatable bonds is 7. The fourth-order valence-corrected chi connectivity index (χ4v) is 2.56. The zero-order chi connectivity index (χ0) is 17.4. The summed E-state index contributed by atoms with van der Waals surface area (Å²) >= 11 is 0. The lowest BCUT2D eigenvalue weighted by molar-refractivity contribution is 0.380. The lowest BCUT2D eigenvalue weighted by atomic mass is 10.1. The van der Waals surface area contributed by atoms with Crippen LogP contribution in [0.15, 0.2) is 33.8 Å². The Hall–Kier alpha value is -1.77. The van der Waals surface area contributed by atoms with Crippen molar-refractivity contribution >= 4 is 29.9 Å². The van der Waals surface area contributed by atoms with Gasteiger partial charge in [0.25, 0.3) is 0 Å². The third kappa shape index (κ3) is 5.62. The number of benzene rings is 1. The van der Waals surface area contributed by atoms with Crippen molar-refractivity contribution < 1.29 is 9.26 Å². The minimum atomic E-state index is 0. The van der Waals surface area contributed by atoms with Crippen molar-refractivity contribution in [2.24, 2.45) is 4.99 Å². The zero-order valence-electron chi connectivity index (χ0n) is 15.3. The molecule has 1 aromatic heterocycles. The van der Waals surface area contributed by atoms with Crippen molar-refractivity contribution in [1.82, 2.24) is 15.8 Å². The van der Waals surface area contributed by atoms with Crippen LogP contribution in [-0.4, -0.2) is 25.3 Å². The van der Waals surface area contributed by atoms with E-state index in [0.29, 0.717) is 13.1 Å². The van der Waals surface area contributed by atoms with Crippen LogP contribution < -0.4 is 15.4 Å². The van der Waals surface area contributed by atoms with Crippen LogP contribution in [0.2, 0.25) is 0 Å². The van der Waals surface area contributed by atoms with Crippen molar-refractivity contribution in [2.45, 2.75) is 39.8 Å². The number of para-hydroxylation sites is 1. The van der Waals surface area contributed by atoms with Gasteiger partial charge >= 0.3 is 0 Å². The highest BCUT2D eigenvalue weighted by Crippen LogP contribution is 2.17. The molecule has 0 radical (unpaired) electrons. The molecule has 1 heterocycles. The molecule has 7 heteroatoms. The minimum Gasteiger partial charge on any atom is -0.496 e. The van der Waals surface area contributed by atoms with E-state index in [2.05, 4.69) is 34.6 Å². The average molecular weight is 458 g/mol. The number of ether oxygens (including phenoxy) is 1. The maximum Gasteiger partial charge on any atom is 0.191 e. The predicted molar refractivity (Wildman–Crippen MR) is 111 cm³/mol. The highest BCUT2D eigenvalue weighted by molar-refractivity contribution is 14.0. The van der Waals surface area contributed by atoms with Gasteiger partial charge < -0.3 is 19.9 Å². The maximum atomic E-state index is 5.39. The monoisotopic (exact) mass is 458 g/mol. The Balaban J connectivity index is 0.00000312. The number of nitrogens with zero attached hydrogens (tertiary/aromatic N) is 2. The quantitative estimate of drug-likeness (QED) is 0.379. The molecular weight excluding hydrogens is 431 g/mol. The summed E-state index contributed by atoms with van der Waals surface area (Å²) < 4.78 is 10.8. The molecule has 0 saturated carbocycles. The van der Waals surface area contributed by atoms with Gasteiger partial charge in [-0.1, -0.05) is 37.2 Å². The Kier molecular flexibility index (Phi) is 9.33. The first-order chi connectivity index (χ1) is 11.7. The first-order valence-electron chi connectivity index (χ1n) is 8.26. The fourth-order valence-electron chi connectivity index (χ4n) is 2.56. The second kappa shape index (κ2) is 11.0. The smallest absolute Gasteiger partial charge is 0.191 e. The second-order valence-electron chi connectivity index (χ2n) is 5.33. The molecule has 0 amide bonds. The maximum absolute atomic E-state index is 5.39. The van der Waals surface area contributed by atoms with E-state index in [4.69, 9.17) is 9.26 Å². The predicted octanol–water partition coefficient (Wildman–Crippen LogP) is 3.29. The molecule has 0 spiro atoms.